The predicted octanol–water partition coefficient (Wildman–Crippen LogP) is 4.89. The van der Waals surface area contributed by atoms with Gasteiger partial charge in [-0.1, -0.05) is 18.5 Å². The number of aliphatic hydroxyl groups is 1. The van der Waals surface area contributed by atoms with E-state index in [0.29, 0.717) is 54.1 Å². The molecule has 1 aliphatic carbocycles. The van der Waals surface area contributed by atoms with Crippen molar-refractivity contribution >= 4 is 42.3 Å². The molecular formula is C26H35ClFN5O3S. The molecular weight excluding hydrogens is 517 g/mol. The molecule has 0 unspecified atom stereocenters. The van der Waals surface area contributed by atoms with Gasteiger partial charge in [0, 0.05) is 29.4 Å². The fourth-order valence-corrected chi connectivity index (χ4v) is 5.14. The van der Waals surface area contributed by atoms with Gasteiger partial charge in [-0.05, 0) is 59.4 Å². The summed E-state index contributed by atoms with van der Waals surface area (Å²) < 4.78 is 23.4. The average molecular weight is 552 g/mol. The van der Waals surface area contributed by atoms with Crippen LogP contribution in [-0.4, -0.2) is 43.1 Å². The monoisotopic (exact) mass is 551 g/mol. The molecule has 202 valence electrons. The van der Waals surface area contributed by atoms with Crippen LogP contribution in [-0.2, 0) is 0 Å². The van der Waals surface area contributed by atoms with Gasteiger partial charge in [0.25, 0.3) is 5.91 Å². The van der Waals surface area contributed by atoms with Crippen molar-refractivity contribution in [2.45, 2.75) is 84.0 Å². The van der Waals surface area contributed by atoms with Gasteiger partial charge in [0.15, 0.2) is 5.82 Å². The van der Waals surface area contributed by atoms with Crippen molar-refractivity contribution in [3.63, 3.8) is 0 Å². The lowest BCUT2D eigenvalue weighted by Gasteiger charge is -2.36. The first-order valence-corrected chi connectivity index (χ1v) is 12.6. The minimum Gasteiger partial charge on any atom is -0.490 e. The first-order valence-electron chi connectivity index (χ1n) is 12.2. The van der Waals surface area contributed by atoms with Crippen LogP contribution in [0.5, 0.6) is 5.75 Å². The van der Waals surface area contributed by atoms with Gasteiger partial charge in [0.1, 0.15) is 28.5 Å². The van der Waals surface area contributed by atoms with Crippen molar-refractivity contribution in [3.05, 3.63) is 51.9 Å². The molecule has 1 saturated carbocycles. The summed E-state index contributed by atoms with van der Waals surface area (Å²) in [6.45, 7) is 9.27. The Hall–Kier alpha value is -2.56. The molecule has 1 amide bonds. The quantitative estimate of drug-likeness (QED) is 0.402. The van der Waals surface area contributed by atoms with Gasteiger partial charge in [-0.2, -0.15) is 13.5 Å². The van der Waals surface area contributed by atoms with Crippen LogP contribution in [0.2, 0.25) is 5.02 Å². The largest absolute Gasteiger partial charge is 0.490 e. The van der Waals surface area contributed by atoms with Crippen LogP contribution >= 0.6 is 25.1 Å². The van der Waals surface area contributed by atoms with Crippen molar-refractivity contribution in [1.29, 1.82) is 0 Å². The average Bonchev–Trinajstić information content (AvgIpc) is 3.15. The van der Waals surface area contributed by atoms with Gasteiger partial charge in [0.2, 0.25) is 0 Å². The third kappa shape index (κ3) is 5.66. The van der Waals surface area contributed by atoms with E-state index in [9.17, 15) is 9.90 Å². The highest BCUT2D eigenvalue weighted by Gasteiger charge is 2.35. The van der Waals surface area contributed by atoms with Crippen LogP contribution in [0, 0.1) is 12.7 Å². The summed E-state index contributed by atoms with van der Waals surface area (Å²) in [4.78, 5) is 22.4. The molecule has 0 saturated heterocycles. The Morgan fingerprint density at radius 2 is 2.00 bits per heavy atom. The van der Waals surface area contributed by atoms with Crippen LogP contribution in [0.3, 0.4) is 0 Å². The molecule has 4 rings (SSSR count). The van der Waals surface area contributed by atoms with Gasteiger partial charge in [0.05, 0.1) is 22.9 Å². The summed E-state index contributed by atoms with van der Waals surface area (Å²) in [5.74, 6) is -0.747. The number of nitrogens with one attached hydrogen (secondary N) is 1. The number of ether oxygens (including phenoxy) is 1. The van der Waals surface area contributed by atoms with Crippen molar-refractivity contribution in [1.82, 2.24) is 19.7 Å². The molecule has 1 atom stereocenters. The van der Waals surface area contributed by atoms with E-state index >= 15 is 4.39 Å². The molecule has 1 fully saturated rings. The topological polar surface area (TPSA) is 115 Å². The van der Waals surface area contributed by atoms with Crippen molar-refractivity contribution in [2.24, 2.45) is 0 Å². The first-order chi connectivity index (χ1) is 16.9. The SMILES string of the molecule is Cc1nc([C@@H](C)c2cc(Cl)c(F)c(C(=O)NC3(C)CCC(O)CC3)c2OC(C)C)n2ccnc(N)c12.S. The third-order valence-corrected chi connectivity index (χ3v) is 7.17. The Morgan fingerprint density at radius 1 is 1.35 bits per heavy atom. The maximum Gasteiger partial charge on any atom is 0.258 e. The zero-order valence-corrected chi connectivity index (χ0v) is 23.5. The number of carbonyl (C=O) groups is 1. The van der Waals surface area contributed by atoms with Gasteiger partial charge in [-0.15, -0.1) is 0 Å². The molecule has 2 aromatic heterocycles. The lowest BCUT2D eigenvalue weighted by atomic mass is 9.81. The molecule has 1 aromatic carbocycles. The summed E-state index contributed by atoms with van der Waals surface area (Å²) in [6, 6.07) is 1.50. The zero-order chi connectivity index (χ0) is 26.4. The summed E-state index contributed by atoms with van der Waals surface area (Å²) in [5, 5.41) is 12.7. The number of imidazole rings is 1. The van der Waals surface area contributed by atoms with E-state index in [1.807, 2.05) is 39.0 Å². The molecule has 4 N–H and O–H groups in total. The van der Waals surface area contributed by atoms with Gasteiger partial charge in [-0.25, -0.2) is 14.4 Å². The number of benzene rings is 1. The van der Waals surface area contributed by atoms with Gasteiger partial charge < -0.3 is 20.9 Å². The number of amides is 1. The second-order valence-corrected chi connectivity index (χ2v) is 10.6. The number of nitrogen functional groups attached to an aromatic ring is 1. The van der Waals surface area contributed by atoms with Crippen molar-refractivity contribution in [3.8, 4) is 5.75 Å². The van der Waals surface area contributed by atoms with Crippen molar-refractivity contribution < 1.29 is 19.0 Å². The number of aromatic nitrogens is 3. The molecule has 2 heterocycles. The second kappa shape index (κ2) is 11.0. The van der Waals surface area contributed by atoms with Crippen LogP contribution in [0.4, 0.5) is 10.2 Å². The highest BCUT2D eigenvalue weighted by atomic mass is 35.5. The fraction of sp³-hybridized carbons (Fsp3) is 0.500. The Bertz CT molecular complexity index is 1310. The minimum absolute atomic E-state index is 0. The molecule has 8 nitrogen and oxygen atoms in total. The summed E-state index contributed by atoms with van der Waals surface area (Å²) in [5.41, 5.74) is 7.20. The number of carbonyl (C=O) groups excluding carboxylic acids is 1. The molecule has 1 aliphatic rings. The third-order valence-electron chi connectivity index (χ3n) is 6.89. The number of anilines is 1. The Labute approximate surface area is 228 Å². The minimum atomic E-state index is -0.835. The number of nitrogens with zero attached hydrogens (tertiary/aromatic N) is 3. The number of hydrogen-bond donors (Lipinski definition) is 3. The normalized spacial score (nSPS) is 20.5. The van der Waals surface area contributed by atoms with E-state index in [0.717, 1.165) is 0 Å². The number of rotatable bonds is 6. The lowest BCUT2D eigenvalue weighted by molar-refractivity contribution is 0.0718. The van der Waals surface area contributed by atoms with Gasteiger partial charge in [-0.3, -0.25) is 9.20 Å². The number of aryl methyl sites for hydroxylation is 1. The highest BCUT2D eigenvalue weighted by Crippen LogP contribution is 2.40. The Balaban J connectivity index is 0.00000380. The van der Waals surface area contributed by atoms with Crippen LogP contribution in [0.1, 0.15) is 86.7 Å². The second-order valence-electron chi connectivity index (χ2n) is 10.2. The van der Waals surface area contributed by atoms with E-state index in [-0.39, 0.29) is 42.0 Å². The predicted molar refractivity (Wildman–Crippen MR) is 148 cm³/mol. The standard InChI is InChI=1S/C26H33ClFN5O3.H2S/c1-13(2)36-22-17(14(3)24-31-15(4)21-23(29)30-10-11-33(21)24)12-18(27)20(28)19(22)25(35)32-26(5)8-6-16(34)7-9-26;/h10-14,16,34H,6-9H2,1-5H3,(H2,29,30)(H,32,35);1H2/t14-,16?,26?;/m0./s1. The molecule has 0 spiro atoms. The number of aliphatic hydroxyl groups excluding tert-OH is 1. The number of halogens is 2. The maximum absolute atomic E-state index is 15.5. The Kier molecular flexibility index (Phi) is 8.66. The van der Waals surface area contributed by atoms with E-state index in [4.69, 9.17) is 27.1 Å². The summed E-state index contributed by atoms with van der Waals surface area (Å²) in [6.07, 6.45) is 4.93. The number of hydrogen-bond acceptors (Lipinski definition) is 6. The van der Waals surface area contributed by atoms with Gasteiger partial charge >= 0.3 is 0 Å². The Morgan fingerprint density at radius 3 is 2.62 bits per heavy atom. The maximum atomic E-state index is 15.5. The molecule has 37 heavy (non-hydrogen) atoms. The summed E-state index contributed by atoms with van der Waals surface area (Å²) >= 11 is 6.35. The smallest absolute Gasteiger partial charge is 0.258 e. The van der Waals surface area contributed by atoms with Crippen molar-refractivity contribution in [2.75, 3.05) is 5.73 Å². The van der Waals surface area contributed by atoms with E-state index < -0.39 is 23.2 Å². The van der Waals surface area contributed by atoms with E-state index in [1.54, 1.807) is 12.4 Å². The molecule has 11 heteroatoms. The first kappa shape index (κ1) is 29.0. The number of nitrogens with two attached hydrogens (primary N) is 1. The van der Waals surface area contributed by atoms with E-state index in [2.05, 4.69) is 10.3 Å². The molecule has 0 radical (unpaired) electrons. The fourth-order valence-electron chi connectivity index (χ4n) is 4.93. The number of fused-ring (bicyclic) bond motifs is 1. The lowest BCUT2D eigenvalue weighted by Crippen LogP contribution is -2.49. The zero-order valence-electron chi connectivity index (χ0n) is 21.7. The van der Waals surface area contributed by atoms with E-state index in [1.165, 1.54) is 6.07 Å². The highest BCUT2D eigenvalue weighted by molar-refractivity contribution is 7.59. The molecule has 0 aliphatic heterocycles. The van der Waals surface area contributed by atoms with Crippen LogP contribution in [0.25, 0.3) is 5.52 Å². The molecule has 0 bridgehead atoms. The molecule has 3 aromatic rings. The van der Waals surface area contributed by atoms with Crippen LogP contribution in [0.15, 0.2) is 18.5 Å². The summed E-state index contributed by atoms with van der Waals surface area (Å²) in [7, 11) is 0. The van der Waals surface area contributed by atoms with Crippen LogP contribution < -0.4 is 15.8 Å².